The largest absolute Gasteiger partial charge is 0.257 e. The molecule has 0 saturated heterocycles. The molecule has 1 aromatic heterocycles. The van der Waals surface area contributed by atoms with Crippen LogP contribution >= 0.6 is 7.92 Å². The van der Waals surface area contributed by atoms with Gasteiger partial charge in [0, 0.05) is 6.20 Å². The van der Waals surface area contributed by atoms with Crippen LogP contribution < -0.4 is 5.44 Å². The maximum atomic E-state index is 4.64. The van der Waals surface area contributed by atoms with E-state index in [0.717, 1.165) is 11.6 Å². The van der Waals surface area contributed by atoms with Crippen LogP contribution in [0.2, 0.25) is 0 Å². The number of hydrogen-bond donors (Lipinski definition) is 0. The fourth-order valence-corrected chi connectivity index (χ4v) is 6.20. The van der Waals surface area contributed by atoms with Crippen molar-refractivity contribution in [1.82, 2.24) is 4.98 Å². The first-order chi connectivity index (χ1) is 8.33. The Morgan fingerprint density at radius 2 is 2.24 bits per heavy atom. The summed E-state index contributed by atoms with van der Waals surface area (Å²) in [6.07, 6.45) is 10.3. The lowest BCUT2D eigenvalue weighted by Crippen LogP contribution is -2.20. The van der Waals surface area contributed by atoms with Crippen LogP contribution in [0.25, 0.3) is 0 Å². The highest BCUT2D eigenvalue weighted by Crippen LogP contribution is 2.50. The minimum atomic E-state index is -0.0132. The van der Waals surface area contributed by atoms with Crippen molar-refractivity contribution in [3.05, 3.63) is 24.4 Å². The molecule has 2 rings (SSSR count). The highest BCUT2D eigenvalue weighted by Gasteiger charge is 2.31. The van der Waals surface area contributed by atoms with Crippen molar-refractivity contribution in [1.29, 1.82) is 0 Å². The molecule has 0 aliphatic heterocycles. The average molecular weight is 249 g/mol. The maximum absolute atomic E-state index is 4.64. The molecule has 17 heavy (non-hydrogen) atoms. The van der Waals surface area contributed by atoms with Gasteiger partial charge in [0.1, 0.15) is 0 Å². The summed E-state index contributed by atoms with van der Waals surface area (Å²) in [7, 11) is -0.0132. The van der Waals surface area contributed by atoms with Crippen molar-refractivity contribution in [2.24, 2.45) is 5.92 Å². The summed E-state index contributed by atoms with van der Waals surface area (Å²) in [5.74, 6) is 0.917. The van der Waals surface area contributed by atoms with Crippen LogP contribution in [-0.2, 0) is 0 Å². The molecule has 2 unspecified atom stereocenters. The minimum absolute atomic E-state index is 0.0132. The lowest BCUT2D eigenvalue weighted by molar-refractivity contribution is 0.618. The SMILES string of the molecule is CCCCP(c1ccccn1)[C@@H]1CCCC1C. The van der Waals surface area contributed by atoms with Crippen LogP contribution in [0, 0.1) is 5.92 Å². The number of nitrogens with zero attached hydrogens (tertiary/aromatic N) is 1. The molecular formula is C15H24NP. The lowest BCUT2D eigenvalue weighted by Gasteiger charge is -2.27. The fourth-order valence-electron chi connectivity index (χ4n) is 2.89. The van der Waals surface area contributed by atoms with E-state index in [4.69, 9.17) is 0 Å². The number of unbranched alkanes of at least 4 members (excludes halogenated alkanes) is 1. The van der Waals surface area contributed by atoms with E-state index >= 15 is 0 Å². The van der Waals surface area contributed by atoms with Crippen LogP contribution in [-0.4, -0.2) is 16.8 Å². The molecule has 1 fully saturated rings. The zero-order valence-corrected chi connectivity index (χ0v) is 12.0. The Morgan fingerprint density at radius 3 is 2.82 bits per heavy atom. The van der Waals surface area contributed by atoms with Crippen molar-refractivity contribution in [2.75, 3.05) is 6.16 Å². The van der Waals surface area contributed by atoms with E-state index in [1.54, 1.807) is 0 Å². The summed E-state index contributed by atoms with van der Waals surface area (Å²) in [5.41, 5.74) is 2.33. The van der Waals surface area contributed by atoms with Gasteiger partial charge in [0.25, 0.3) is 0 Å². The Hall–Kier alpha value is -0.420. The van der Waals surface area contributed by atoms with Crippen molar-refractivity contribution >= 4 is 13.4 Å². The molecule has 94 valence electrons. The van der Waals surface area contributed by atoms with E-state index in [-0.39, 0.29) is 7.92 Å². The third-order valence-corrected chi connectivity index (χ3v) is 7.13. The van der Waals surface area contributed by atoms with Gasteiger partial charge in [-0.2, -0.15) is 0 Å². The molecular weight excluding hydrogens is 225 g/mol. The Kier molecular flexibility index (Phi) is 4.98. The number of aromatic nitrogens is 1. The quantitative estimate of drug-likeness (QED) is 0.713. The maximum Gasteiger partial charge on any atom is 0.0633 e. The molecule has 0 aromatic carbocycles. The molecule has 3 atom stereocenters. The van der Waals surface area contributed by atoms with Crippen LogP contribution in [0.3, 0.4) is 0 Å². The van der Waals surface area contributed by atoms with Gasteiger partial charge < -0.3 is 0 Å². The molecule has 0 spiro atoms. The second-order valence-electron chi connectivity index (χ2n) is 5.21. The Labute approximate surface area is 107 Å². The Bertz CT molecular complexity index is 325. The topological polar surface area (TPSA) is 12.9 Å². The minimum Gasteiger partial charge on any atom is -0.257 e. The normalized spacial score (nSPS) is 26.0. The van der Waals surface area contributed by atoms with Gasteiger partial charge in [-0.05, 0) is 42.7 Å². The van der Waals surface area contributed by atoms with Crippen molar-refractivity contribution in [3.8, 4) is 0 Å². The first kappa shape index (κ1) is 13.0. The monoisotopic (exact) mass is 249 g/mol. The van der Waals surface area contributed by atoms with E-state index < -0.39 is 0 Å². The predicted octanol–water partition coefficient (Wildman–Crippen LogP) is 4.18. The molecule has 0 radical (unpaired) electrons. The number of hydrogen-bond acceptors (Lipinski definition) is 1. The van der Waals surface area contributed by atoms with E-state index in [0.29, 0.717) is 0 Å². The number of pyridine rings is 1. The standard InChI is InChI=1S/C15H24NP/c1-3-4-12-17(14-9-7-8-13(14)2)15-10-5-6-11-16-15/h5-6,10-11,13-14H,3-4,7-9,12H2,1-2H3/t13?,14-,17?/m1/s1. The molecule has 1 nitrogen and oxygen atoms in total. The van der Waals surface area contributed by atoms with E-state index in [1.165, 1.54) is 43.7 Å². The van der Waals surface area contributed by atoms with Gasteiger partial charge >= 0.3 is 0 Å². The second kappa shape index (κ2) is 6.50. The van der Waals surface area contributed by atoms with Crippen molar-refractivity contribution in [2.45, 2.75) is 51.6 Å². The first-order valence-electron chi connectivity index (χ1n) is 7.00. The molecule has 1 heterocycles. The molecule has 2 heteroatoms. The predicted molar refractivity (Wildman–Crippen MR) is 77.4 cm³/mol. The second-order valence-corrected chi connectivity index (χ2v) is 7.72. The van der Waals surface area contributed by atoms with E-state index in [9.17, 15) is 0 Å². The summed E-state index contributed by atoms with van der Waals surface area (Å²) in [6.45, 7) is 4.74. The highest BCUT2D eigenvalue weighted by atomic mass is 31.1. The van der Waals surface area contributed by atoms with Crippen LogP contribution in [0.4, 0.5) is 0 Å². The van der Waals surface area contributed by atoms with Crippen molar-refractivity contribution in [3.63, 3.8) is 0 Å². The van der Waals surface area contributed by atoms with Gasteiger partial charge in [-0.25, -0.2) is 0 Å². The molecule has 1 aliphatic rings. The molecule has 1 aromatic rings. The van der Waals surface area contributed by atoms with E-state index in [1.807, 2.05) is 12.3 Å². The van der Waals surface area contributed by atoms with Gasteiger partial charge in [-0.1, -0.05) is 47.1 Å². The summed E-state index contributed by atoms with van der Waals surface area (Å²) in [5, 5.41) is 0. The number of rotatable bonds is 5. The summed E-state index contributed by atoms with van der Waals surface area (Å²) < 4.78 is 0. The highest BCUT2D eigenvalue weighted by molar-refractivity contribution is 7.66. The first-order valence-corrected chi connectivity index (χ1v) is 8.60. The molecule has 1 saturated carbocycles. The summed E-state index contributed by atoms with van der Waals surface area (Å²) in [4.78, 5) is 4.64. The Balaban J connectivity index is 2.13. The molecule has 1 aliphatic carbocycles. The zero-order valence-electron chi connectivity index (χ0n) is 11.1. The van der Waals surface area contributed by atoms with Gasteiger partial charge in [0.15, 0.2) is 0 Å². The van der Waals surface area contributed by atoms with Crippen molar-refractivity contribution < 1.29 is 0 Å². The fraction of sp³-hybridized carbons (Fsp3) is 0.667. The molecule has 0 N–H and O–H groups in total. The lowest BCUT2D eigenvalue weighted by atomic mass is 10.1. The van der Waals surface area contributed by atoms with Gasteiger partial charge in [0.2, 0.25) is 0 Å². The zero-order chi connectivity index (χ0) is 12.1. The van der Waals surface area contributed by atoms with Crippen LogP contribution in [0.5, 0.6) is 0 Å². The smallest absolute Gasteiger partial charge is 0.0633 e. The van der Waals surface area contributed by atoms with Crippen LogP contribution in [0.15, 0.2) is 24.4 Å². The Morgan fingerprint density at radius 1 is 1.35 bits per heavy atom. The van der Waals surface area contributed by atoms with Crippen LogP contribution in [0.1, 0.15) is 46.0 Å². The molecule has 0 amide bonds. The van der Waals surface area contributed by atoms with Gasteiger partial charge in [-0.3, -0.25) is 4.98 Å². The molecule has 0 bridgehead atoms. The van der Waals surface area contributed by atoms with Gasteiger partial charge in [0.05, 0.1) is 5.44 Å². The third kappa shape index (κ3) is 3.28. The third-order valence-electron chi connectivity index (χ3n) is 3.91. The summed E-state index contributed by atoms with van der Waals surface area (Å²) >= 11 is 0. The van der Waals surface area contributed by atoms with E-state index in [2.05, 4.69) is 31.0 Å². The van der Waals surface area contributed by atoms with Gasteiger partial charge in [-0.15, -0.1) is 0 Å². The summed E-state index contributed by atoms with van der Waals surface area (Å²) in [6, 6.07) is 6.45. The average Bonchev–Trinajstić information content (AvgIpc) is 2.78.